The fourth-order valence-electron chi connectivity index (χ4n) is 0.822. The van der Waals surface area contributed by atoms with Crippen LogP contribution in [0.25, 0.3) is 0 Å². The van der Waals surface area contributed by atoms with Gasteiger partial charge in [-0.3, -0.25) is 0 Å². The zero-order valence-corrected chi connectivity index (χ0v) is 7.99. The highest BCUT2D eigenvalue weighted by molar-refractivity contribution is 5.98. The van der Waals surface area contributed by atoms with Gasteiger partial charge in [0.05, 0.1) is 6.61 Å². The highest BCUT2D eigenvalue weighted by Crippen LogP contribution is 2.02. The molecule has 3 heteroatoms. The molecule has 0 amide bonds. The summed E-state index contributed by atoms with van der Waals surface area (Å²) in [5.41, 5.74) is 1.15. The number of hydrogen-bond acceptors (Lipinski definition) is 2. The van der Waals surface area contributed by atoms with E-state index >= 15 is 0 Å². The van der Waals surface area contributed by atoms with Gasteiger partial charge in [0.25, 0.3) is 0 Å². The molecule has 0 N–H and O–H groups in total. The SMILES string of the molecule is CC(O[Si])OCc1ccccc1. The minimum atomic E-state index is -0.220. The summed E-state index contributed by atoms with van der Waals surface area (Å²) < 4.78 is 10.1. The molecule has 0 aliphatic carbocycles. The van der Waals surface area contributed by atoms with E-state index in [4.69, 9.17) is 9.16 Å². The van der Waals surface area contributed by atoms with Crippen molar-refractivity contribution in [3.05, 3.63) is 35.9 Å². The molecule has 0 saturated carbocycles. The van der Waals surface area contributed by atoms with Gasteiger partial charge in [0, 0.05) is 0 Å². The standard InChI is InChI=1S/C9H11O2Si/c1-8(11-12)10-7-9-5-3-2-4-6-9/h2-6,8H,7H2,1H3. The molecule has 0 heterocycles. The van der Waals surface area contributed by atoms with Gasteiger partial charge in [0.1, 0.15) is 6.29 Å². The van der Waals surface area contributed by atoms with E-state index in [1.54, 1.807) is 0 Å². The molecule has 12 heavy (non-hydrogen) atoms. The van der Waals surface area contributed by atoms with Crippen LogP contribution in [0.2, 0.25) is 0 Å². The smallest absolute Gasteiger partial charge is 0.249 e. The Kier molecular flexibility index (Phi) is 4.00. The number of benzene rings is 1. The van der Waals surface area contributed by atoms with E-state index in [2.05, 4.69) is 10.5 Å². The van der Waals surface area contributed by atoms with Gasteiger partial charge in [-0.15, -0.1) is 0 Å². The van der Waals surface area contributed by atoms with Crippen LogP contribution < -0.4 is 0 Å². The summed E-state index contributed by atoms with van der Waals surface area (Å²) in [7, 11) is 2.91. The summed E-state index contributed by atoms with van der Waals surface area (Å²) in [6, 6.07) is 9.98. The Morgan fingerprint density at radius 1 is 1.33 bits per heavy atom. The second-order valence-corrected chi connectivity index (χ2v) is 2.72. The molecule has 63 valence electrons. The molecule has 0 aromatic heterocycles. The summed E-state index contributed by atoms with van der Waals surface area (Å²) >= 11 is 0. The lowest BCUT2D eigenvalue weighted by molar-refractivity contribution is -0.0723. The molecule has 0 bridgehead atoms. The molecule has 2 nitrogen and oxygen atoms in total. The third-order valence-electron chi connectivity index (χ3n) is 1.49. The van der Waals surface area contributed by atoms with E-state index in [0.717, 1.165) is 5.56 Å². The average Bonchev–Trinajstić information content (AvgIpc) is 2.16. The van der Waals surface area contributed by atoms with Crippen LogP contribution >= 0.6 is 0 Å². The monoisotopic (exact) mass is 179 g/mol. The quantitative estimate of drug-likeness (QED) is 0.517. The summed E-state index contributed by atoms with van der Waals surface area (Å²) in [6.45, 7) is 2.41. The maximum Gasteiger partial charge on any atom is 0.249 e. The highest BCUT2D eigenvalue weighted by atomic mass is 28.2. The fraction of sp³-hybridized carbons (Fsp3) is 0.333. The lowest BCUT2D eigenvalue weighted by atomic mass is 10.2. The van der Waals surface area contributed by atoms with Crippen LogP contribution in [0.1, 0.15) is 12.5 Å². The van der Waals surface area contributed by atoms with Gasteiger partial charge >= 0.3 is 0 Å². The van der Waals surface area contributed by atoms with Crippen molar-refractivity contribution >= 4 is 10.5 Å². The first-order valence-electron chi connectivity index (χ1n) is 3.81. The van der Waals surface area contributed by atoms with Crippen LogP contribution in [-0.2, 0) is 15.8 Å². The van der Waals surface area contributed by atoms with Gasteiger partial charge in [-0.1, -0.05) is 30.3 Å². The first-order chi connectivity index (χ1) is 5.83. The molecule has 0 saturated heterocycles. The Morgan fingerprint density at radius 2 is 2.00 bits per heavy atom. The normalized spacial score (nSPS) is 12.8. The minimum absolute atomic E-state index is 0.220. The van der Waals surface area contributed by atoms with Crippen LogP contribution in [0.4, 0.5) is 0 Å². The van der Waals surface area contributed by atoms with Crippen molar-refractivity contribution < 1.29 is 9.16 Å². The molecule has 1 atom stereocenters. The number of hydrogen-bond donors (Lipinski definition) is 0. The fourth-order valence-corrected chi connectivity index (χ4v) is 0.890. The summed E-state index contributed by atoms with van der Waals surface area (Å²) in [6.07, 6.45) is -0.220. The van der Waals surface area contributed by atoms with Crippen LogP contribution in [0.15, 0.2) is 30.3 Å². The first-order valence-corrected chi connectivity index (χ1v) is 4.21. The van der Waals surface area contributed by atoms with Crippen molar-refractivity contribution in [1.82, 2.24) is 0 Å². The number of ether oxygens (including phenoxy) is 1. The van der Waals surface area contributed by atoms with Crippen molar-refractivity contribution in [2.45, 2.75) is 19.8 Å². The molecule has 1 rings (SSSR count). The lowest BCUT2D eigenvalue weighted by Gasteiger charge is -2.10. The average molecular weight is 179 g/mol. The van der Waals surface area contributed by atoms with Crippen LogP contribution in [-0.4, -0.2) is 16.8 Å². The zero-order valence-electron chi connectivity index (χ0n) is 6.99. The second-order valence-electron chi connectivity index (χ2n) is 2.48. The van der Waals surface area contributed by atoms with Gasteiger partial charge in [-0.05, 0) is 12.5 Å². The third kappa shape index (κ3) is 3.17. The van der Waals surface area contributed by atoms with E-state index < -0.39 is 0 Å². The molecule has 0 aliphatic rings. The van der Waals surface area contributed by atoms with E-state index in [-0.39, 0.29) is 6.29 Å². The van der Waals surface area contributed by atoms with Crippen LogP contribution in [0.3, 0.4) is 0 Å². The van der Waals surface area contributed by atoms with Crippen molar-refractivity contribution in [3.8, 4) is 0 Å². The number of rotatable bonds is 4. The van der Waals surface area contributed by atoms with Crippen molar-refractivity contribution in [1.29, 1.82) is 0 Å². The molecule has 1 unspecified atom stereocenters. The Balaban J connectivity index is 2.33. The molecule has 3 radical (unpaired) electrons. The Morgan fingerprint density at radius 3 is 2.58 bits per heavy atom. The Labute approximate surface area is 76.0 Å². The molecule has 1 aromatic rings. The summed E-state index contributed by atoms with van der Waals surface area (Å²) in [5.74, 6) is 0. The molecule has 1 aromatic carbocycles. The summed E-state index contributed by atoms with van der Waals surface area (Å²) in [5, 5.41) is 0. The van der Waals surface area contributed by atoms with Gasteiger partial charge < -0.3 is 9.16 Å². The van der Waals surface area contributed by atoms with Crippen molar-refractivity contribution in [3.63, 3.8) is 0 Å². The molecule has 0 fully saturated rings. The molecular weight excluding hydrogens is 168 g/mol. The minimum Gasteiger partial charge on any atom is -0.394 e. The van der Waals surface area contributed by atoms with Gasteiger partial charge in [-0.25, -0.2) is 0 Å². The van der Waals surface area contributed by atoms with Gasteiger partial charge in [-0.2, -0.15) is 0 Å². The van der Waals surface area contributed by atoms with Crippen LogP contribution in [0, 0.1) is 0 Å². The third-order valence-corrected chi connectivity index (χ3v) is 1.83. The van der Waals surface area contributed by atoms with E-state index in [1.165, 1.54) is 0 Å². The Hall–Kier alpha value is -0.643. The predicted molar refractivity (Wildman–Crippen MR) is 47.5 cm³/mol. The van der Waals surface area contributed by atoms with E-state index in [0.29, 0.717) is 6.61 Å². The van der Waals surface area contributed by atoms with Gasteiger partial charge in [0.15, 0.2) is 0 Å². The van der Waals surface area contributed by atoms with Crippen molar-refractivity contribution in [2.24, 2.45) is 0 Å². The molecule has 0 aliphatic heterocycles. The topological polar surface area (TPSA) is 18.5 Å². The van der Waals surface area contributed by atoms with Crippen LogP contribution in [0.5, 0.6) is 0 Å². The maximum atomic E-state index is 5.31. The highest BCUT2D eigenvalue weighted by Gasteiger charge is 1.97. The van der Waals surface area contributed by atoms with E-state index in [9.17, 15) is 0 Å². The first kappa shape index (κ1) is 9.44. The molecular formula is C9H11O2Si. The van der Waals surface area contributed by atoms with E-state index in [1.807, 2.05) is 37.3 Å². The predicted octanol–water partition coefficient (Wildman–Crippen LogP) is 1.65. The largest absolute Gasteiger partial charge is 0.394 e. The molecule has 0 spiro atoms. The van der Waals surface area contributed by atoms with Gasteiger partial charge in [0.2, 0.25) is 10.5 Å². The maximum absolute atomic E-state index is 5.31. The zero-order chi connectivity index (χ0) is 8.81. The second kappa shape index (κ2) is 5.08. The van der Waals surface area contributed by atoms with Crippen molar-refractivity contribution in [2.75, 3.05) is 0 Å². The Bertz CT molecular complexity index is 213. The lowest BCUT2D eigenvalue weighted by Crippen LogP contribution is -2.10. The summed E-state index contributed by atoms with van der Waals surface area (Å²) in [4.78, 5) is 0.